The van der Waals surface area contributed by atoms with Gasteiger partial charge in [-0.05, 0) is 50.9 Å². The zero-order valence-electron chi connectivity index (χ0n) is 13.7. The van der Waals surface area contributed by atoms with Crippen molar-refractivity contribution in [1.82, 2.24) is 15.1 Å². The molecule has 0 aliphatic carbocycles. The number of aryl methyl sites for hydroxylation is 3. The molecule has 0 fully saturated rings. The summed E-state index contributed by atoms with van der Waals surface area (Å²) in [6.45, 7) is 10.1. The van der Waals surface area contributed by atoms with Crippen molar-refractivity contribution in [2.45, 2.75) is 40.7 Å². The lowest BCUT2D eigenvalue weighted by molar-refractivity contribution is 0.469. The normalized spacial score (nSPS) is 10.9. The average molecular weight is 287 g/mol. The molecule has 0 atom stereocenters. The zero-order valence-corrected chi connectivity index (χ0v) is 13.7. The summed E-state index contributed by atoms with van der Waals surface area (Å²) in [5.74, 6) is 1.77. The van der Waals surface area contributed by atoms with Crippen LogP contribution in [0.1, 0.15) is 35.9 Å². The van der Waals surface area contributed by atoms with E-state index in [0.29, 0.717) is 0 Å². The molecule has 0 aliphatic rings. The smallest absolute Gasteiger partial charge is 0.171 e. The minimum atomic E-state index is 0.860. The van der Waals surface area contributed by atoms with Crippen molar-refractivity contribution >= 4 is 0 Å². The molecule has 4 heteroatoms. The number of rotatable bonds is 6. The van der Waals surface area contributed by atoms with Gasteiger partial charge in [-0.25, -0.2) is 0 Å². The fourth-order valence-electron chi connectivity index (χ4n) is 2.29. The molecule has 0 spiro atoms. The Morgan fingerprint density at radius 3 is 2.62 bits per heavy atom. The average Bonchev–Trinajstić information content (AvgIpc) is 2.69. The third-order valence-electron chi connectivity index (χ3n) is 3.66. The first-order chi connectivity index (χ1) is 10.0. The van der Waals surface area contributed by atoms with Gasteiger partial charge in [0.1, 0.15) is 11.4 Å². The SMILES string of the molecule is CCCNCc1ccc(C)c(Oc2c(C)nn(C)c2C)c1. The molecule has 4 nitrogen and oxygen atoms in total. The molecule has 0 bridgehead atoms. The Hall–Kier alpha value is -1.81. The van der Waals surface area contributed by atoms with Gasteiger partial charge in [0.2, 0.25) is 0 Å². The Morgan fingerprint density at radius 1 is 1.24 bits per heavy atom. The minimum absolute atomic E-state index is 0.860. The molecule has 1 aromatic carbocycles. The monoisotopic (exact) mass is 287 g/mol. The van der Waals surface area contributed by atoms with Crippen LogP contribution in [-0.2, 0) is 13.6 Å². The third-order valence-corrected chi connectivity index (χ3v) is 3.66. The first kappa shape index (κ1) is 15.6. The summed E-state index contributed by atoms with van der Waals surface area (Å²) < 4.78 is 7.98. The molecule has 1 N–H and O–H groups in total. The van der Waals surface area contributed by atoms with Crippen LogP contribution < -0.4 is 10.1 Å². The van der Waals surface area contributed by atoms with E-state index >= 15 is 0 Å². The lowest BCUT2D eigenvalue weighted by Crippen LogP contribution is -2.13. The number of ether oxygens (including phenoxy) is 1. The molecule has 2 rings (SSSR count). The molecule has 114 valence electrons. The summed E-state index contributed by atoms with van der Waals surface area (Å²) in [4.78, 5) is 0. The summed E-state index contributed by atoms with van der Waals surface area (Å²) in [6.07, 6.45) is 1.14. The number of aromatic nitrogens is 2. The number of nitrogens with one attached hydrogen (secondary N) is 1. The molecule has 0 amide bonds. The van der Waals surface area contributed by atoms with Crippen LogP contribution in [0, 0.1) is 20.8 Å². The van der Waals surface area contributed by atoms with Crippen LogP contribution in [0.2, 0.25) is 0 Å². The summed E-state index contributed by atoms with van der Waals surface area (Å²) in [5, 5.41) is 7.82. The van der Waals surface area contributed by atoms with E-state index in [4.69, 9.17) is 4.74 Å². The predicted molar refractivity (Wildman–Crippen MR) is 85.9 cm³/mol. The fraction of sp³-hybridized carbons (Fsp3) is 0.471. The van der Waals surface area contributed by atoms with E-state index in [0.717, 1.165) is 48.0 Å². The van der Waals surface area contributed by atoms with E-state index in [1.54, 1.807) is 0 Å². The summed E-state index contributed by atoms with van der Waals surface area (Å²) in [5.41, 5.74) is 4.34. The maximum absolute atomic E-state index is 6.13. The summed E-state index contributed by atoms with van der Waals surface area (Å²) in [6, 6.07) is 6.37. The van der Waals surface area contributed by atoms with Gasteiger partial charge in [0.05, 0.1) is 5.69 Å². The highest BCUT2D eigenvalue weighted by Crippen LogP contribution is 2.30. The molecule has 0 aliphatic heterocycles. The van der Waals surface area contributed by atoms with E-state index in [9.17, 15) is 0 Å². The van der Waals surface area contributed by atoms with Gasteiger partial charge in [-0.1, -0.05) is 19.1 Å². The first-order valence-electron chi connectivity index (χ1n) is 7.51. The summed E-state index contributed by atoms with van der Waals surface area (Å²) >= 11 is 0. The fourth-order valence-corrected chi connectivity index (χ4v) is 2.29. The molecule has 0 radical (unpaired) electrons. The lowest BCUT2D eigenvalue weighted by atomic mass is 10.1. The highest BCUT2D eigenvalue weighted by Gasteiger charge is 2.13. The Bertz CT molecular complexity index is 617. The molecule has 0 saturated carbocycles. The summed E-state index contributed by atoms with van der Waals surface area (Å²) in [7, 11) is 1.94. The van der Waals surface area contributed by atoms with E-state index in [1.807, 2.05) is 25.6 Å². The molecule has 0 saturated heterocycles. The molecular formula is C17H25N3O. The van der Waals surface area contributed by atoms with Gasteiger partial charge in [0.25, 0.3) is 0 Å². The number of hydrogen-bond donors (Lipinski definition) is 1. The van der Waals surface area contributed by atoms with Crippen molar-refractivity contribution in [3.05, 3.63) is 40.7 Å². The first-order valence-corrected chi connectivity index (χ1v) is 7.51. The molecule has 1 heterocycles. The molecule has 2 aromatic rings. The Labute approximate surface area is 127 Å². The van der Waals surface area contributed by atoms with Crippen LogP contribution in [0.25, 0.3) is 0 Å². The van der Waals surface area contributed by atoms with Crippen LogP contribution in [-0.4, -0.2) is 16.3 Å². The van der Waals surface area contributed by atoms with Crippen LogP contribution in [0.3, 0.4) is 0 Å². The van der Waals surface area contributed by atoms with Crippen LogP contribution in [0.5, 0.6) is 11.5 Å². The van der Waals surface area contributed by atoms with E-state index in [2.05, 4.69) is 42.5 Å². The molecule has 21 heavy (non-hydrogen) atoms. The Kier molecular flexibility index (Phi) is 5.02. The van der Waals surface area contributed by atoms with E-state index < -0.39 is 0 Å². The van der Waals surface area contributed by atoms with E-state index in [1.165, 1.54) is 5.56 Å². The van der Waals surface area contributed by atoms with Crippen molar-refractivity contribution in [3.8, 4) is 11.5 Å². The molecular weight excluding hydrogens is 262 g/mol. The van der Waals surface area contributed by atoms with Gasteiger partial charge >= 0.3 is 0 Å². The Balaban J connectivity index is 2.20. The second-order valence-corrected chi connectivity index (χ2v) is 5.50. The maximum Gasteiger partial charge on any atom is 0.171 e. The van der Waals surface area contributed by atoms with Crippen molar-refractivity contribution in [1.29, 1.82) is 0 Å². The topological polar surface area (TPSA) is 39.1 Å². The maximum atomic E-state index is 6.13. The lowest BCUT2D eigenvalue weighted by Gasteiger charge is -2.11. The van der Waals surface area contributed by atoms with Gasteiger partial charge in [0, 0.05) is 13.6 Å². The zero-order chi connectivity index (χ0) is 15.4. The Morgan fingerprint density at radius 2 is 2.00 bits per heavy atom. The minimum Gasteiger partial charge on any atom is -0.453 e. The van der Waals surface area contributed by atoms with Crippen molar-refractivity contribution < 1.29 is 4.74 Å². The third kappa shape index (κ3) is 3.64. The van der Waals surface area contributed by atoms with E-state index in [-0.39, 0.29) is 0 Å². The van der Waals surface area contributed by atoms with Gasteiger partial charge < -0.3 is 10.1 Å². The second-order valence-electron chi connectivity index (χ2n) is 5.50. The molecule has 0 unspecified atom stereocenters. The quantitative estimate of drug-likeness (QED) is 0.824. The van der Waals surface area contributed by atoms with Crippen molar-refractivity contribution in [2.24, 2.45) is 7.05 Å². The van der Waals surface area contributed by atoms with Crippen LogP contribution in [0.4, 0.5) is 0 Å². The standard InChI is InChI=1S/C17H25N3O/c1-6-9-18-11-15-8-7-12(2)16(10-15)21-17-13(3)19-20(5)14(17)4/h7-8,10,18H,6,9,11H2,1-5H3. The van der Waals surface area contributed by atoms with Crippen molar-refractivity contribution in [3.63, 3.8) is 0 Å². The van der Waals surface area contributed by atoms with Gasteiger partial charge in [-0.2, -0.15) is 5.10 Å². The van der Waals surface area contributed by atoms with Crippen molar-refractivity contribution in [2.75, 3.05) is 6.54 Å². The highest BCUT2D eigenvalue weighted by molar-refractivity contribution is 5.42. The van der Waals surface area contributed by atoms with Crippen LogP contribution in [0.15, 0.2) is 18.2 Å². The second kappa shape index (κ2) is 6.76. The molecule has 1 aromatic heterocycles. The predicted octanol–water partition coefficient (Wildman–Crippen LogP) is 3.64. The number of nitrogens with zero attached hydrogens (tertiary/aromatic N) is 2. The highest BCUT2D eigenvalue weighted by atomic mass is 16.5. The number of benzene rings is 1. The van der Waals surface area contributed by atoms with Gasteiger partial charge in [-0.15, -0.1) is 0 Å². The van der Waals surface area contributed by atoms with Gasteiger partial charge in [0.15, 0.2) is 5.75 Å². The van der Waals surface area contributed by atoms with Crippen LogP contribution >= 0.6 is 0 Å². The van der Waals surface area contributed by atoms with Gasteiger partial charge in [-0.3, -0.25) is 4.68 Å². The largest absolute Gasteiger partial charge is 0.453 e. The number of hydrogen-bond acceptors (Lipinski definition) is 3.